The molecule has 2 aromatic rings. The number of piperazine rings is 1. The van der Waals surface area contributed by atoms with Gasteiger partial charge in [0, 0.05) is 64.2 Å². The Kier molecular flexibility index (Phi) is 6.83. The summed E-state index contributed by atoms with van der Waals surface area (Å²) in [5, 5.41) is 3.46. The van der Waals surface area contributed by atoms with Crippen molar-refractivity contribution in [2.75, 3.05) is 49.6 Å². The number of alkyl halides is 1. The third-order valence-corrected chi connectivity index (χ3v) is 6.23. The van der Waals surface area contributed by atoms with Crippen LogP contribution in [-0.2, 0) is 6.54 Å². The number of halogens is 1. The molecule has 1 N–H and O–H groups in total. The summed E-state index contributed by atoms with van der Waals surface area (Å²) in [6.07, 6.45) is 1.98. The molecule has 6 nitrogen and oxygen atoms in total. The van der Waals surface area contributed by atoms with Crippen LogP contribution >= 0.6 is 0 Å². The average Bonchev–Trinajstić information content (AvgIpc) is 2.79. The number of nitrogens with one attached hydrogen (secondary N) is 1. The largest absolute Gasteiger partial charge is 0.356 e. The van der Waals surface area contributed by atoms with Crippen molar-refractivity contribution < 1.29 is 9.18 Å². The lowest BCUT2D eigenvalue weighted by Crippen LogP contribution is -2.48. The normalized spacial score (nSPS) is 20.6. The van der Waals surface area contributed by atoms with Crippen molar-refractivity contribution in [2.45, 2.75) is 38.5 Å². The lowest BCUT2D eigenvalue weighted by molar-refractivity contribution is 0.0992. The highest BCUT2D eigenvalue weighted by atomic mass is 19.1. The van der Waals surface area contributed by atoms with Crippen molar-refractivity contribution >= 4 is 17.4 Å². The molecule has 2 saturated heterocycles. The zero-order chi connectivity index (χ0) is 21.8. The average molecular weight is 426 g/mol. The second-order valence-corrected chi connectivity index (χ2v) is 8.69. The molecule has 3 heterocycles. The van der Waals surface area contributed by atoms with Gasteiger partial charge in [-0.15, -0.1) is 0 Å². The molecule has 0 unspecified atom stereocenters. The van der Waals surface area contributed by atoms with Crippen molar-refractivity contribution in [2.24, 2.45) is 0 Å². The number of carbonyl (C=O) groups excluding carboxylic acids is 1. The highest BCUT2D eigenvalue weighted by Crippen LogP contribution is 2.21. The third kappa shape index (κ3) is 5.40. The van der Waals surface area contributed by atoms with E-state index in [0.717, 1.165) is 37.7 Å². The molecule has 166 valence electrons. The number of hydrogen-bond acceptors (Lipinski definition) is 5. The molecule has 1 amide bonds. The number of pyridine rings is 1. The summed E-state index contributed by atoms with van der Waals surface area (Å²) < 4.78 is 13.3. The van der Waals surface area contributed by atoms with Crippen LogP contribution < -0.4 is 15.1 Å². The number of piperidine rings is 1. The van der Waals surface area contributed by atoms with E-state index in [0.29, 0.717) is 37.5 Å². The first-order valence-corrected chi connectivity index (χ1v) is 11.2. The van der Waals surface area contributed by atoms with Crippen molar-refractivity contribution in [3.8, 4) is 0 Å². The van der Waals surface area contributed by atoms with Crippen molar-refractivity contribution in [3.63, 3.8) is 0 Å². The minimum Gasteiger partial charge on any atom is -0.356 e. The Morgan fingerprint density at radius 1 is 1.16 bits per heavy atom. The van der Waals surface area contributed by atoms with Gasteiger partial charge in [-0.1, -0.05) is 12.1 Å². The van der Waals surface area contributed by atoms with E-state index in [2.05, 4.69) is 39.2 Å². The van der Waals surface area contributed by atoms with Crippen LogP contribution in [0.2, 0.25) is 0 Å². The van der Waals surface area contributed by atoms with Gasteiger partial charge in [0.25, 0.3) is 5.91 Å². The smallest absolute Gasteiger partial charge is 0.259 e. The van der Waals surface area contributed by atoms with Crippen LogP contribution in [0.5, 0.6) is 0 Å². The standard InChI is InChI=1S/C24H32FN5O/c1-18-16-29(14-11-26-18)17-19-3-6-22(7-4-19)28(2)24(31)20-5-8-23(27-15-20)30-12-9-21(25)10-13-30/h3-8,15,18,21,26H,9-14,16-17H2,1-2H3/t18-/m0/s1. The van der Waals surface area contributed by atoms with Gasteiger partial charge < -0.3 is 15.1 Å². The lowest BCUT2D eigenvalue weighted by Gasteiger charge is -2.31. The van der Waals surface area contributed by atoms with E-state index in [-0.39, 0.29) is 5.91 Å². The fourth-order valence-electron chi connectivity index (χ4n) is 4.33. The fourth-order valence-corrected chi connectivity index (χ4v) is 4.33. The molecule has 2 aliphatic rings. The summed E-state index contributed by atoms with van der Waals surface area (Å²) >= 11 is 0. The van der Waals surface area contributed by atoms with E-state index in [1.807, 2.05) is 24.3 Å². The first-order chi connectivity index (χ1) is 15.0. The summed E-state index contributed by atoms with van der Waals surface area (Å²) in [5.41, 5.74) is 2.66. The molecule has 4 rings (SSSR count). The SMILES string of the molecule is C[C@H]1CN(Cc2ccc(N(C)C(=O)c3ccc(N4CCC(F)CC4)nc3)cc2)CCN1. The predicted octanol–water partition coefficient (Wildman–Crippen LogP) is 3.09. The molecule has 0 aliphatic carbocycles. The zero-order valence-electron chi connectivity index (χ0n) is 18.4. The molecule has 31 heavy (non-hydrogen) atoms. The molecule has 2 aliphatic heterocycles. The predicted molar refractivity (Wildman–Crippen MR) is 122 cm³/mol. The fraction of sp³-hybridized carbons (Fsp3) is 0.500. The first-order valence-electron chi connectivity index (χ1n) is 11.2. The van der Waals surface area contributed by atoms with Gasteiger partial charge in [0.1, 0.15) is 12.0 Å². The van der Waals surface area contributed by atoms with E-state index < -0.39 is 6.17 Å². The van der Waals surface area contributed by atoms with Gasteiger partial charge in [0.2, 0.25) is 0 Å². The van der Waals surface area contributed by atoms with Gasteiger partial charge in [0.05, 0.1) is 5.56 Å². The van der Waals surface area contributed by atoms with Gasteiger partial charge in [-0.2, -0.15) is 0 Å². The van der Waals surface area contributed by atoms with E-state index in [9.17, 15) is 9.18 Å². The number of amides is 1. The minimum absolute atomic E-state index is 0.0924. The Balaban J connectivity index is 1.36. The minimum atomic E-state index is -0.711. The van der Waals surface area contributed by atoms with Crippen LogP contribution in [0.1, 0.15) is 35.7 Å². The Hall–Kier alpha value is -2.51. The molecular formula is C24H32FN5O. The summed E-state index contributed by atoms with van der Waals surface area (Å²) in [7, 11) is 1.79. The van der Waals surface area contributed by atoms with Crippen LogP contribution in [0.4, 0.5) is 15.9 Å². The van der Waals surface area contributed by atoms with E-state index in [1.165, 1.54) is 5.56 Å². The molecular weight excluding hydrogens is 393 g/mol. The summed E-state index contributed by atoms with van der Waals surface area (Å²) in [6, 6.07) is 12.4. The van der Waals surface area contributed by atoms with E-state index in [1.54, 1.807) is 18.1 Å². The maximum Gasteiger partial charge on any atom is 0.259 e. The Bertz CT molecular complexity index is 865. The number of nitrogens with zero attached hydrogens (tertiary/aromatic N) is 4. The maximum atomic E-state index is 13.3. The Labute approximate surface area is 184 Å². The van der Waals surface area contributed by atoms with Gasteiger partial charge in [0.15, 0.2) is 0 Å². The second kappa shape index (κ2) is 9.75. The molecule has 1 aromatic heterocycles. The van der Waals surface area contributed by atoms with Gasteiger partial charge in [-0.05, 0) is 49.6 Å². The number of carbonyl (C=O) groups is 1. The first kappa shape index (κ1) is 21.7. The Morgan fingerprint density at radius 3 is 2.55 bits per heavy atom. The van der Waals surface area contributed by atoms with Crippen LogP contribution in [0.25, 0.3) is 0 Å². The molecule has 2 fully saturated rings. The van der Waals surface area contributed by atoms with Crippen LogP contribution in [0, 0.1) is 0 Å². The number of hydrogen-bond donors (Lipinski definition) is 1. The van der Waals surface area contributed by atoms with Crippen molar-refractivity contribution in [1.29, 1.82) is 0 Å². The van der Waals surface area contributed by atoms with E-state index in [4.69, 9.17) is 0 Å². The highest BCUT2D eigenvalue weighted by Gasteiger charge is 2.20. The van der Waals surface area contributed by atoms with Crippen molar-refractivity contribution in [1.82, 2.24) is 15.2 Å². The second-order valence-electron chi connectivity index (χ2n) is 8.69. The summed E-state index contributed by atoms with van der Waals surface area (Å²) in [6.45, 7) is 7.60. The molecule has 0 bridgehead atoms. The van der Waals surface area contributed by atoms with Crippen LogP contribution in [0.3, 0.4) is 0 Å². The van der Waals surface area contributed by atoms with Gasteiger partial charge in [-0.3, -0.25) is 9.69 Å². The van der Waals surface area contributed by atoms with Crippen LogP contribution in [0.15, 0.2) is 42.6 Å². The zero-order valence-corrected chi connectivity index (χ0v) is 18.4. The van der Waals surface area contributed by atoms with Crippen LogP contribution in [-0.4, -0.2) is 67.8 Å². The molecule has 0 radical (unpaired) electrons. The monoisotopic (exact) mass is 425 g/mol. The third-order valence-electron chi connectivity index (χ3n) is 6.23. The number of rotatable bonds is 5. The molecule has 1 aromatic carbocycles. The topological polar surface area (TPSA) is 51.7 Å². The maximum absolute atomic E-state index is 13.3. The summed E-state index contributed by atoms with van der Waals surface area (Å²) in [5.74, 6) is 0.711. The van der Waals surface area contributed by atoms with Gasteiger partial charge >= 0.3 is 0 Å². The number of aromatic nitrogens is 1. The quantitative estimate of drug-likeness (QED) is 0.798. The molecule has 1 atom stereocenters. The van der Waals surface area contributed by atoms with Crippen molar-refractivity contribution in [3.05, 3.63) is 53.7 Å². The molecule has 7 heteroatoms. The molecule has 0 spiro atoms. The molecule has 0 saturated carbocycles. The van der Waals surface area contributed by atoms with E-state index >= 15 is 0 Å². The lowest BCUT2D eigenvalue weighted by atomic mass is 10.1. The Morgan fingerprint density at radius 2 is 1.90 bits per heavy atom. The van der Waals surface area contributed by atoms with Gasteiger partial charge in [-0.25, -0.2) is 9.37 Å². The highest BCUT2D eigenvalue weighted by molar-refractivity contribution is 6.05. The number of benzene rings is 1. The number of anilines is 2. The summed E-state index contributed by atoms with van der Waals surface area (Å²) in [4.78, 5) is 23.6.